The van der Waals surface area contributed by atoms with Gasteiger partial charge in [-0.05, 0) is 30.0 Å². The van der Waals surface area contributed by atoms with Gasteiger partial charge in [0.2, 0.25) is 0 Å². The fraction of sp³-hybridized carbons (Fsp3) is 0.125. The molecule has 10 heavy (non-hydrogen) atoms. The van der Waals surface area contributed by atoms with Crippen molar-refractivity contribution < 1.29 is 0 Å². The Kier molecular flexibility index (Phi) is 2.24. The van der Waals surface area contributed by atoms with Crippen molar-refractivity contribution in [1.82, 2.24) is 0 Å². The first kappa shape index (κ1) is 7.04. The number of hydrogen-bond acceptors (Lipinski definition) is 2. The standard InChI is InChI=1S/C8H7NS/c1-7-4-6-10-8(7)3-2-5-9/h2-4,6H,1H3. The van der Waals surface area contributed by atoms with Crippen molar-refractivity contribution in [2.45, 2.75) is 6.92 Å². The highest BCUT2D eigenvalue weighted by Crippen LogP contribution is 2.16. The molecule has 2 heteroatoms. The predicted molar refractivity (Wildman–Crippen MR) is 43.7 cm³/mol. The molecule has 1 rings (SSSR count). The van der Waals surface area contributed by atoms with Crippen LogP contribution in [0.1, 0.15) is 10.4 Å². The van der Waals surface area contributed by atoms with Gasteiger partial charge in [-0.3, -0.25) is 0 Å². The van der Waals surface area contributed by atoms with Crippen molar-refractivity contribution in [3.63, 3.8) is 0 Å². The second-order valence-corrected chi connectivity index (χ2v) is 2.88. The molecule has 1 aromatic heterocycles. The Morgan fingerprint density at radius 1 is 1.70 bits per heavy atom. The first-order chi connectivity index (χ1) is 4.84. The second kappa shape index (κ2) is 3.19. The average molecular weight is 149 g/mol. The quantitative estimate of drug-likeness (QED) is 0.563. The summed E-state index contributed by atoms with van der Waals surface area (Å²) in [5.74, 6) is 0. The van der Waals surface area contributed by atoms with Gasteiger partial charge in [0.15, 0.2) is 0 Å². The fourth-order valence-corrected chi connectivity index (χ4v) is 1.49. The third-order valence-corrected chi connectivity index (χ3v) is 2.20. The average Bonchev–Trinajstić information content (AvgIpc) is 2.31. The Hall–Kier alpha value is -1.07. The zero-order chi connectivity index (χ0) is 7.40. The van der Waals surface area contributed by atoms with Gasteiger partial charge in [-0.1, -0.05) is 0 Å². The van der Waals surface area contributed by atoms with E-state index in [0.717, 1.165) is 0 Å². The summed E-state index contributed by atoms with van der Waals surface area (Å²) < 4.78 is 0. The number of aryl methyl sites for hydroxylation is 1. The molecule has 1 nitrogen and oxygen atoms in total. The van der Waals surface area contributed by atoms with Gasteiger partial charge in [-0.15, -0.1) is 11.3 Å². The van der Waals surface area contributed by atoms with Gasteiger partial charge >= 0.3 is 0 Å². The van der Waals surface area contributed by atoms with E-state index in [9.17, 15) is 0 Å². The smallest absolute Gasteiger partial charge is 0.0912 e. The molecule has 0 radical (unpaired) electrons. The van der Waals surface area contributed by atoms with Gasteiger partial charge < -0.3 is 0 Å². The highest BCUT2D eigenvalue weighted by molar-refractivity contribution is 7.11. The SMILES string of the molecule is Cc1ccsc1C=CC#N. The second-order valence-electron chi connectivity index (χ2n) is 1.93. The lowest BCUT2D eigenvalue weighted by Crippen LogP contribution is -1.65. The largest absolute Gasteiger partial charge is 0.193 e. The van der Waals surface area contributed by atoms with Crippen molar-refractivity contribution in [3.8, 4) is 6.07 Å². The van der Waals surface area contributed by atoms with E-state index < -0.39 is 0 Å². The van der Waals surface area contributed by atoms with E-state index in [-0.39, 0.29) is 0 Å². The molecule has 0 atom stereocenters. The summed E-state index contributed by atoms with van der Waals surface area (Å²) in [7, 11) is 0. The van der Waals surface area contributed by atoms with E-state index in [1.165, 1.54) is 16.5 Å². The van der Waals surface area contributed by atoms with Crippen LogP contribution in [0, 0.1) is 18.3 Å². The Bertz CT molecular complexity index is 278. The lowest BCUT2D eigenvalue weighted by atomic mass is 10.3. The van der Waals surface area contributed by atoms with Crippen LogP contribution < -0.4 is 0 Å². The van der Waals surface area contributed by atoms with Crippen LogP contribution >= 0.6 is 11.3 Å². The molecular weight excluding hydrogens is 142 g/mol. The van der Waals surface area contributed by atoms with Crippen LogP contribution in [0.25, 0.3) is 6.08 Å². The summed E-state index contributed by atoms with van der Waals surface area (Å²) in [6.45, 7) is 2.04. The molecule has 0 aromatic carbocycles. The van der Waals surface area contributed by atoms with E-state index in [2.05, 4.69) is 0 Å². The molecule has 0 N–H and O–H groups in total. The third kappa shape index (κ3) is 1.46. The molecule has 50 valence electrons. The number of hydrogen-bond donors (Lipinski definition) is 0. The van der Waals surface area contributed by atoms with Crippen molar-refractivity contribution in [2.75, 3.05) is 0 Å². The summed E-state index contributed by atoms with van der Waals surface area (Å²) in [5.41, 5.74) is 1.23. The number of nitriles is 1. The van der Waals surface area contributed by atoms with Gasteiger partial charge in [-0.25, -0.2) is 0 Å². The molecule has 0 bridgehead atoms. The highest BCUT2D eigenvalue weighted by atomic mass is 32.1. The van der Waals surface area contributed by atoms with Crippen LogP contribution in [-0.2, 0) is 0 Å². The number of thiophene rings is 1. The summed E-state index contributed by atoms with van der Waals surface area (Å²) in [6, 6.07) is 4.00. The van der Waals surface area contributed by atoms with E-state index in [4.69, 9.17) is 5.26 Å². The number of allylic oxidation sites excluding steroid dienone is 1. The number of rotatable bonds is 1. The molecule has 0 saturated heterocycles. The van der Waals surface area contributed by atoms with Gasteiger partial charge in [0.1, 0.15) is 0 Å². The summed E-state index contributed by atoms with van der Waals surface area (Å²) in [6.07, 6.45) is 3.33. The molecule has 0 unspecified atom stereocenters. The highest BCUT2D eigenvalue weighted by Gasteiger charge is 1.91. The lowest BCUT2D eigenvalue weighted by Gasteiger charge is -1.84. The lowest BCUT2D eigenvalue weighted by molar-refractivity contribution is 1.52. The molecule has 0 aliphatic heterocycles. The molecule has 0 aliphatic carbocycles. The maximum Gasteiger partial charge on any atom is 0.0912 e. The zero-order valence-corrected chi connectivity index (χ0v) is 6.48. The van der Waals surface area contributed by atoms with Crippen molar-refractivity contribution >= 4 is 17.4 Å². The van der Waals surface area contributed by atoms with E-state index in [1.807, 2.05) is 30.5 Å². The Morgan fingerprint density at radius 3 is 3.00 bits per heavy atom. The maximum absolute atomic E-state index is 8.22. The third-order valence-electron chi connectivity index (χ3n) is 1.21. The van der Waals surface area contributed by atoms with Crippen LogP contribution in [0.2, 0.25) is 0 Å². The summed E-state index contributed by atoms with van der Waals surface area (Å²) in [5, 5.41) is 10.2. The van der Waals surface area contributed by atoms with E-state index >= 15 is 0 Å². The minimum Gasteiger partial charge on any atom is -0.193 e. The van der Waals surface area contributed by atoms with Crippen LogP contribution in [-0.4, -0.2) is 0 Å². The van der Waals surface area contributed by atoms with Gasteiger partial charge in [0.25, 0.3) is 0 Å². The van der Waals surface area contributed by atoms with Crippen molar-refractivity contribution in [2.24, 2.45) is 0 Å². The first-order valence-electron chi connectivity index (χ1n) is 2.95. The molecule has 0 saturated carbocycles. The van der Waals surface area contributed by atoms with Crippen LogP contribution in [0.4, 0.5) is 0 Å². The van der Waals surface area contributed by atoms with Gasteiger partial charge in [0, 0.05) is 11.0 Å². The van der Waals surface area contributed by atoms with Gasteiger partial charge in [0.05, 0.1) is 6.07 Å². The minimum atomic E-state index is 1.17. The normalized spacial score (nSPS) is 10.0. The summed E-state index contributed by atoms with van der Waals surface area (Å²) >= 11 is 1.65. The predicted octanol–water partition coefficient (Wildman–Crippen LogP) is 2.59. The van der Waals surface area contributed by atoms with E-state index in [0.29, 0.717) is 0 Å². The Balaban J connectivity index is 2.87. The van der Waals surface area contributed by atoms with Crippen molar-refractivity contribution in [1.29, 1.82) is 5.26 Å². The molecule has 0 aliphatic rings. The van der Waals surface area contributed by atoms with E-state index in [1.54, 1.807) is 11.3 Å². The number of nitrogens with zero attached hydrogens (tertiary/aromatic N) is 1. The molecule has 1 aromatic rings. The molecule has 0 fully saturated rings. The molecule has 0 spiro atoms. The zero-order valence-electron chi connectivity index (χ0n) is 5.66. The van der Waals surface area contributed by atoms with Crippen LogP contribution in [0.5, 0.6) is 0 Å². The topological polar surface area (TPSA) is 23.8 Å². The molecular formula is C8H7NS. The Labute approximate surface area is 64.2 Å². The minimum absolute atomic E-state index is 1.17. The summed E-state index contributed by atoms with van der Waals surface area (Å²) in [4.78, 5) is 1.17. The Morgan fingerprint density at radius 2 is 2.50 bits per heavy atom. The van der Waals surface area contributed by atoms with Crippen LogP contribution in [0.3, 0.4) is 0 Å². The maximum atomic E-state index is 8.22. The monoisotopic (exact) mass is 149 g/mol. The fourth-order valence-electron chi connectivity index (χ4n) is 0.668. The molecule has 1 heterocycles. The van der Waals surface area contributed by atoms with Gasteiger partial charge in [-0.2, -0.15) is 5.26 Å². The van der Waals surface area contributed by atoms with Crippen LogP contribution in [0.15, 0.2) is 17.5 Å². The molecule has 0 amide bonds. The first-order valence-corrected chi connectivity index (χ1v) is 3.83. The van der Waals surface area contributed by atoms with Crippen molar-refractivity contribution in [3.05, 3.63) is 28.0 Å².